The van der Waals surface area contributed by atoms with Gasteiger partial charge in [-0.15, -0.1) is 0 Å². The quantitative estimate of drug-likeness (QED) is 0.887. The highest BCUT2D eigenvalue weighted by Crippen LogP contribution is 2.27. The Labute approximate surface area is 133 Å². The van der Waals surface area contributed by atoms with Gasteiger partial charge in [0, 0.05) is 31.3 Å². The zero-order chi connectivity index (χ0) is 15.5. The van der Waals surface area contributed by atoms with Crippen molar-refractivity contribution >= 4 is 10.9 Å². The Hall–Kier alpha value is -1.32. The Morgan fingerprint density at radius 2 is 1.86 bits per heavy atom. The second kappa shape index (κ2) is 6.84. The lowest BCUT2D eigenvalue weighted by atomic mass is 10.0. The summed E-state index contributed by atoms with van der Waals surface area (Å²) in [6, 6.07) is 4.60. The van der Waals surface area contributed by atoms with E-state index >= 15 is 0 Å². The van der Waals surface area contributed by atoms with E-state index < -0.39 is 0 Å². The van der Waals surface area contributed by atoms with Gasteiger partial charge in [-0.1, -0.05) is 11.6 Å². The van der Waals surface area contributed by atoms with Crippen LogP contribution in [0, 0.1) is 13.8 Å². The van der Waals surface area contributed by atoms with Crippen LogP contribution in [0.2, 0.25) is 0 Å². The first-order valence-corrected chi connectivity index (χ1v) is 8.61. The summed E-state index contributed by atoms with van der Waals surface area (Å²) in [6.45, 7) is 9.25. The van der Waals surface area contributed by atoms with Crippen molar-refractivity contribution < 1.29 is 5.11 Å². The molecule has 0 spiro atoms. The maximum Gasteiger partial charge on any atom is 0.0513 e. The van der Waals surface area contributed by atoms with Crippen LogP contribution in [-0.4, -0.2) is 40.8 Å². The highest BCUT2D eigenvalue weighted by atomic mass is 16.3. The van der Waals surface area contributed by atoms with E-state index in [1.165, 1.54) is 60.1 Å². The van der Waals surface area contributed by atoms with Gasteiger partial charge in [0.15, 0.2) is 0 Å². The zero-order valence-corrected chi connectivity index (χ0v) is 13.9. The van der Waals surface area contributed by atoms with Crippen LogP contribution in [0.4, 0.5) is 0 Å². The van der Waals surface area contributed by atoms with E-state index in [9.17, 15) is 0 Å². The van der Waals surface area contributed by atoms with Gasteiger partial charge in [0.1, 0.15) is 0 Å². The molecule has 1 saturated heterocycles. The van der Waals surface area contributed by atoms with Crippen LogP contribution in [0.1, 0.15) is 36.0 Å². The maximum absolute atomic E-state index is 9.15. The Kier molecular flexibility index (Phi) is 4.84. The third kappa shape index (κ3) is 3.21. The summed E-state index contributed by atoms with van der Waals surface area (Å²) >= 11 is 0. The third-order valence-corrected chi connectivity index (χ3v) is 4.84. The fourth-order valence-corrected chi connectivity index (χ4v) is 3.81. The maximum atomic E-state index is 9.15. The average Bonchev–Trinajstić information content (AvgIpc) is 3.10. The number of rotatable bonds is 6. The molecule has 0 unspecified atom stereocenters. The number of benzene rings is 1. The number of hydrogen-bond donors (Lipinski definition) is 1. The smallest absolute Gasteiger partial charge is 0.0513 e. The molecular formula is C19H28N2O. The average molecular weight is 300 g/mol. The van der Waals surface area contributed by atoms with Crippen molar-refractivity contribution in [1.82, 2.24) is 9.47 Å². The molecule has 1 aliphatic rings. The molecule has 120 valence electrons. The number of aryl methyl sites for hydroxylation is 3. The predicted molar refractivity (Wildman–Crippen MR) is 92.5 cm³/mol. The lowest BCUT2D eigenvalue weighted by Crippen LogP contribution is -2.21. The van der Waals surface area contributed by atoms with Crippen LogP contribution in [0.15, 0.2) is 18.3 Å². The van der Waals surface area contributed by atoms with Gasteiger partial charge in [0.2, 0.25) is 0 Å². The summed E-state index contributed by atoms with van der Waals surface area (Å²) in [5.41, 5.74) is 5.51. The Morgan fingerprint density at radius 3 is 2.59 bits per heavy atom. The van der Waals surface area contributed by atoms with Crippen molar-refractivity contribution in [1.29, 1.82) is 0 Å². The Balaban J connectivity index is 1.90. The van der Waals surface area contributed by atoms with Gasteiger partial charge in [0.25, 0.3) is 0 Å². The van der Waals surface area contributed by atoms with E-state index in [0.717, 1.165) is 19.4 Å². The molecule has 0 aliphatic carbocycles. The van der Waals surface area contributed by atoms with Crippen LogP contribution in [0.25, 0.3) is 10.9 Å². The number of aliphatic hydroxyl groups excluding tert-OH is 1. The summed E-state index contributed by atoms with van der Waals surface area (Å²) in [5.74, 6) is 0. The van der Waals surface area contributed by atoms with Gasteiger partial charge in [0.05, 0.1) is 5.52 Å². The van der Waals surface area contributed by atoms with E-state index in [0.29, 0.717) is 0 Å². The predicted octanol–water partition coefficient (Wildman–Crippen LogP) is 3.28. The van der Waals surface area contributed by atoms with Crippen LogP contribution in [0.5, 0.6) is 0 Å². The summed E-state index contributed by atoms with van der Waals surface area (Å²) in [6.07, 6.45) is 6.99. The zero-order valence-electron chi connectivity index (χ0n) is 13.9. The van der Waals surface area contributed by atoms with E-state index in [-0.39, 0.29) is 6.61 Å². The minimum atomic E-state index is 0.258. The van der Waals surface area contributed by atoms with E-state index in [2.05, 4.69) is 41.6 Å². The van der Waals surface area contributed by atoms with Gasteiger partial charge < -0.3 is 14.6 Å². The van der Waals surface area contributed by atoms with Crippen LogP contribution in [0.3, 0.4) is 0 Å². The van der Waals surface area contributed by atoms with Crippen molar-refractivity contribution in [2.24, 2.45) is 0 Å². The molecular weight excluding hydrogens is 272 g/mol. The van der Waals surface area contributed by atoms with Crippen molar-refractivity contribution in [3.8, 4) is 0 Å². The first-order chi connectivity index (χ1) is 10.7. The van der Waals surface area contributed by atoms with E-state index in [1.807, 2.05) is 0 Å². The first-order valence-electron chi connectivity index (χ1n) is 8.61. The lowest BCUT2D eigenvalue weighted by molar-refractivity contribution is 0.280. The highest BCUT2D eigenvalue weighted by molar-refractivity contribution is 5.87. The van der Waals surface area contributed by atoms with Crippen LogP contribution in [-0.2, 0) is 13.0 Å². The van der Waals surface area contributed by atoms with Gasteiger partial charge in [-0.2, -0.15) is 0 Å². The number of aliphatic hydroxyl groups is 1. The second-order valence-corrected chi connectivity index (χ2v) is 6.70. The molecule has 1 aromatic carbocycles. The fraction of sp³-hybridized carbons (Fsp3) is 0.579. The number of aromatic nitrogens is 1. The van der Waals surface area contributed by atoms with Crippen molar-refractivity contribution in [3.63, 3.8) is 0 Å². The molecule has 0 atom stereocenters. The highest BCUT2D eigenvalue weighted by Gasteiger charge is 2.15. The SMILES string of the molecule is Cc1cc(C)c2c(c1)c(CCN1CCCC1)cn2CCCO. The van der Waals surface area contributed by atoms with E-state index in [1.54, 1.807) is 0 Å². The van der Waals surface area contributed by atoms with Crippen molar-refractivity contribution in [3.05, 3.63) is 35.0 Å². The second-order valence-electron chi connectivity index (χ2n) is 6.70. The standard InChI is InChI=1S/C19H28N2O/c1-15-12-16(2)19-18(13-15)17(14-21(19)9-5-11-22)6-10-20-7-3-4-8-20/h12-14,22H,3-11H2,1-2H3. The lowest BCUT2D eigenvalue weighted by Gasteiger charge is -2.13. The van der Waals surface area contributed by atoms with Gasteiger partial charge in [-0.3, -0.25) is 0 Å². The third-order valence-electron chi connectivity index (χ3n) is 4.84. The van der Waals surface area contributed by atoms with Crippen molar-refractivity contribution in [2.45, 2.75) is 46.1 Å². The topological polar surface area (TPSA) is 28.4 Å². The molecule has 1 N–H and O–H groups in total. The van der Waals surface area contributed by atoms with Crippen LogP contribution >= 0.6 is 0 Å². The monoisotopic (exact) mass is 300 g/mol. The molecule has 0 bridgehead atoms. The number of nitrogens with zero attached hydrogens (tertiary/aromatic N) is 2. The molecule has 1 fully saturated rings. The fourth-order valence-electron chi connectivity index (χ4n) is 3.81. The molecule has 2 heterocycles. The minimum absolute atomic E-state index is 0.258. The molecule has 0 amide bonds. The van der Waals surface area contributed by atoms with Gasteiger partial charge >= 0.3 is 0 Å². The van der Waals surface area contributed by atoms with Gasteiger partial charge in [-0.25, -0.2) is 0 Å². The summed E-state index contributed by atoms with van der Waals surface area (Å²) in [5, 5.41) is 10.6. The minimum Gasteiger partial charge on any atom is -0.396 e. The normalized spacial score (nSPS) is 16.0. The molecule has 0 saturated carbocycles. The first kappa shape index (κ1) is 15.6. The number of likely N-dealkylation sites (tertiary alicyclic amines) is 1. The number of hydrogen-bond acceptors (Lipinski definition) is 2. The molecule has 0 radical (unpaired) electrons. The molecule has 3 rings (SSSR count). The summed E-state index contributed by atoms with van der Waals surface area (Å²) in [4.78, 5) is 2.58. The molecule has 22 heavy (non-hydrogen) atoms. The molecule has 3 nitrogen and oxygen atoms in total. The molecule has 1 aromatic heterocycles. The summed E-state index contributed by atoms with van der Waals surface area (Å²) < 4.78 is 2.35. The molecule has 1 aliphatic heterocycles. The van der Waals surface area contributed by atoms with E-state index in [4.69, 9.17) is 5.11 Å². The number of fused-ring (bicyclic) bond motifs is 1. The van der Waals surface area contributed by atoms with Crippen LogP contribution < -0.4 is 0 Å². The largest absolute Gasteiger partial charge is 0.396 e. The molecule has 2 aromatic rings. The van der Waals surface area contributed by atoms with Gasteiger partial charge in [-0.05, 0) is 69.8 Å². The Bertz CT molecular complexity index is 638. The Morgan fingerprint density at radius 1 is 1.09 bits per heavy atom. The summed E-state index contributed by atoms with van der Waals surface area (Å²) in [7, 11) is 0. The molecule has 3 heteroatoms. The van der Waals surface area contributed by atoms with Crippen molar-refractivity contribution in [2.75, 3.05) is 26.2 Å².